The van der Waals surface area contributed by atoms with Crippen LogP contribution in [0.15, 0.2) is 23.2 Å². The summed E-state index contributed by atoms with van der Waals surface area (Å²) in [5.41, 5.74) is 2.28. The van der Waals surface area contributed by atoms with Crippen molar-refractivity contribution >= 4 is 5.96 Å². The predicted octanol–water partition coefficient (Wildman–Crippen LogP) is 2.34. The van der Waals surface area contributed by atoms with Gasteiger partial charge in [0, 0.05) is 32.8 Å². The van der Waals surface area contributed by atoms with E-state index in [0.717, 1.165) is 23.8 Å². The molecule has 0 fully saturated rings. The lowest BCUT2D eigenvalue weighted by Gasteiger charge is -2.16. The second-order valence-corrected chi connectivity index (χ2v) is 5.65. The molecule has 0 saturated heterocycles. The summed E-state index contributed by atoms with van der Waals surface area (Å²) in [4.78, 5) is 4.23. The molecule has 5 heteroatoms. The maximum atomic E-state index is 5.80. The van der Waals surface area contributed by atoms with E-state index in [-0.39, 0.29) is 0 Å². The maximum absolute atomic E-state index is 5.80. The molecule has 0 radical (unpaired) electrons. The number of hydrogen-bond acceptors (Lipinski definition) is 3. The fraction of sp³-hybridized carbons (Fsp3) is 0.588. The van der Waals surface area contributed by atoms with Gasteiger partial charge in [-0.25, -0.2) is 0 Å². The minimum Gasteiger partial charge on any atom is -0.491 e. The molecule has 0 bridgehead atoms. The molecule has 124 valence electrons. The van der Waals surface area contributed by atoms with Crippen LogP contribution in [0.3, 0.4) is 0 Å². The van der Waals surface area contributed by atoms with Crippen LogP contribution in [0, 0.1) is 12.8 Å². The van der Waals surface area contributed by atoms with Crippen LogP contribution in [-0.2, 0) is 11.3 Å². The number of nitrogens with zero attached hydrogens (tertiary/aromatic N) is 1. The van der Waals surface area contributed by atoms with Crippen LogP contribution < -0.4 is 15.4 Å². The van der Waals surface area contributed by atoms with Crippen LogP contribution >= 0.6 is 0 Å². The monoisotopic (exact) mass is 307 g/mol. The Bertz CT molecular complexity index is 473. The number of ether oxygens (including phenoxy) is 2. The third kappa shape index (κ3) is 6.80. The Balaban J connectivity index is 2.63. The zero-order valence-corrected chi connectivity index (χ0v) is 14.4. The number of aryl methyl sites for hydroxylation is 1. The van der Waals surface area contributed by atoms with Gasteiger partial charge in [-0.1, -0.05) is 26.0 Å². The Labute approximate surface area is 134 Å². The average molecular weight is 307 g/mol. The summed E-state index contributed by atoms with van der Waals surface area (Å²) in [7, 11) is 3.45. The van der Waals surface area contributed by atoms with Crippen molar-refractivity contribution in [2.75, 3.05) is 33.9 Å². The lowest BCUT2D eigenvalue weighted by molar-refractivity contribution is 0.145. The van der Waals surface area contributed by atoms with Crippen molar-refractivity contribution in [2.45, 2.75) is 27.3 Å². The fourth-order valence-electron chi connectivity index (χ4n) is 1.88. The highest BCUT2D eigenvalue weighted by Gasteiger charge is 2.06. The van der Waals surface area contributed by atoms with E-state index in [1.54, 1.807) is 14.2 Å². The summed E-state index contributed by atoms with van der Waals surface area (Å²) < 4.78 is 10.8. The predicted molar refractivity (Wildman–Crippen MR) is 91.6 cm³/mol. The number of hydrogen-bond donors (Lipinski definition) is 2. The molecule has 0 unspecified atom stereocenters. The van der Waals surface area contributed by atoms with Gasteiger partial charge in [-0.05, 0) is 24.5 Å². The smallest absolute Gasteiger partial charge is 0.191 e. The zero-order valence-electron chi connectivity index (χ0n) is 14.4. The van der Waals surface area contributed by atoms with Crippen molar-refractivity contribution in [3.63, 3.8) is 0 Å². The lowest BCUT2D eigenvalue weighted by Crippen LogP contribution is -2.38. The molecule has 1 rings (SSSR count). The molecule has 0 heterocycles. The fourth-order valence-corrected chi connectivity index (χ4v) is 1.88. The lowest BCUT2D eigenvalue weighted by atomic mass is 10.1. The van der Waals surface area contributed by atoms with Gasteiger partial charge in [-0.2, -0.15) is 0 Å². The molecular formula is C17H29N3O2. The van der Waals surface area contributed by atoms with Crippen LogP contribution in [0.1, 0.15) is 25.0 Å². The Morgan fingerprint density at radius 3 is 2.64 bits per heavy atom. The van der Waals surface area contributed by atoms with E-state index in [1.807, 2.05) is 0 Å². The van der Waals surface area contributed by atoms with Gasteiger partial charge in [0.2, 0.25) is 0 Å². The van der Waals surface area contributed by atoms with Crippen LogP contribution in [-0.4, -0.2) is 39.9 Å². The number of methoxy groups -OCH3 is 1. The third-order valence-corrected chi connectivity index (χ3v) is 3.12. The minimum atomic E-state index is 0.549. The second kappa shape index (κ2) is 10.1. The molecule has 0 aliphatic heterocycles. The molecule has 0 aromatic heterocycles. The molecule has 0 aliphatic carbocycles. The molecular weight excluding hydrogens is 278 g/mol. The molecule has 0 aliphatic rings. The Morgan fingerprint density at radius 2 is 2.00 bits per heavy atom. The molecule has 1 aromatic carbocycles. The van der Waals surface area contributed by atoms with E-state index in [1.165, 1.54) is 5.56 Å². The normalized spacial score (nSPS) is 11.6. The number of aliphatic imine (C=N–C) groups is 1. The van der Waals surface area contributed by atoms with Gasteiger partial charge in [-0.3, -0.25) is 4.99 Å². The van der Waals surface area contributed by atoms with Gasteiger partial charge < -0.3 is 20.1 Å². The van der Waals surface area contributed by atoms with Crippen LogP contribution in [0.25, 0.3) is 0 Å². The standard InChI is InChI=1S/C17H29N3O2/c1-13(2)11-19-17(18-4)20-12-15-7-6-14(3)10-16(15)22-9-8-21-5/h6-7,10,13H,8-9,11-12H2,1-5H3,(H2,18,19,20). The zero-order chi connectivity index (χ0) is 16.4. The number of guanidine groups is 1. The molecule has 5 nitrogen and oxygen atoms in total. The van der Waals surface area contributed by atoms with Gasteiger partial charge in [0.15, 0.2) is 5.96 Å². The first kappa shape index (κ1) is 18.3. The van der Waals surface area contributed by atoms with Gasteiger partial charge in [0.25, 0.3) is 0 Å². The van der Waals surface area contributed by atoms with Crippen LogP contribution in [0.5, 0.6) is 5.75 Å². The summed E-state index contributed by atoms with van der Waals surface area (Å²) in [6, 6.07) is 6.22. The molecule has 22 heavy (non-hydrogen) atoms. The van der Waals surface area contributed by atoms with Crippen molar-refractivity contribution in [3.05, 3.63) is 29.3 Å². The minimum absolute atomic E-state index is 0.549. The maximum Gasteiger partial charge on any atom is 0.191 e. The highest BCUT2D eigenvalue weighted by Crippen LogP contribution is 2.20. The second-order valence-electron chi connectivity index (χ2n) is 5.65. The van der Waals surface area contributed by atoms with Crippen molar-refractivity contribution in [2.24, 2.45) is 10.9 Å². The molecule has 0 saturated carbocycles. The van der Waals surface area contributed by atoms with Crippen LogP contribution in [0.2, 0.25) is 0 Å². The first-order chi connectivity index (χ1) is 10.6. The molecule has 0 spiro atoms. The largest absolute Gasteiger partial charge is 0.491 e. The molecule has 2 N–H and O–H groups in total. The third-order valence-electron chi connectivity index (χ3n) is 3.12. The van der Waals surface area contributed by atoms with E-state index in [9.17, 15) is 0 Å². The topological polar surface area (TPSA) is 54.9 Å². The average Bonchev–Trinajstić information content (AvgIpc) is 2.49. The van der Waals surface area contributed by atoms with Crippen molar-refractivity contribution in [1.82, 2.24) is 10.6 Å². The Morgan fingerprint density at radius 1 is 1.23 bits per heavy atom. The van der Waals surface area contributed by atoms with E-state index in [2.05, 4.69) is 54.6 Å². The van der Waals surface area contributed by atoms with E-state index >= 15 is 0 Å². The number of nitrogens with one attached hydrogen (secondary N) is 2. The molecule has 0 amide bonds. The molecule has 0 atom stereocenters. The number of rotatable bonds is 8. The van der Waals surface area contributed by atoms with E-state index in [0.29, 0.717) is 25.7 Å². The van der Waals surface area contributed by atoms with E-state index < -0.39 is 0 Å². The van der Waals surface area contributed by atoms with Crippen molar-refractivity contribution in [3.8, 4) is 5.75 Å². The first-order valence-corrected chi connectivity index (χ1v) is 7.72. The summed E-state index contributed by atoms with van der Waals surface area (Å²) in [6.07, 6.45) is 0. The first-order valence-electron chi connectivity index (χ1n) is 7.72. The molecule has 1 aromatic rings. The Kier molecular flexibility index (Phi) is 8.36. The highest BCUT2D eigenvalue weighted by molar-refractivity contribution is 5.79. The highest BCUT2D eigenvalue weighted by atomic mass is 16.5. The summed E-state index contributed by atoms with van der Waals surface area (Å²) >= 11 is 0. The van der Waals surface area contributed by atoms with E-state index in [4.69, 9.17) is 9.47 Å². The van der Waals surface area contributed by atoms with Crippen LogP contribution in [0.4, 0.5) is 0 Å². The summed E-state index contributed by atoms with van der Waals surface area (Å²) in [5.74, 6) is 2.27. The SMILES string of the molecule is CN=C(NCc1ccc(C)cc1OCCOC)NCC(C)C. The van der Waals surface area contributed by atoms with Gasteiger partial charge in [0.1, 0.15) is 12.4 Å². The van der Waals surface area contributed by atoms with Crippen molar-refractivity contribution < 1.29 is 9.47 Å². The quantitative estimate of drug-likeness (QED) is 0.440. The Hall–Kier alpha value is -1.75. The summed E-state index contributed by atoms with van der Waals surface area (Å²) in [5, 5.41) is 6.62. The van der Waals surface area contributed by atoms with Gasteiger partial charge >= 0.3 is 0 Å². The van der Waals surface area contributed by atoms with Gasteiger partial charge in [0.05, 0.1) is 6.61 Å². The summed E-state index contributed by atoms with van der Waals surface area (Å²) in [6.45, 7) is 9.09. The van der Waals surface area contributed by atoms with Gasteiger partial charge in [-0.15, -0.1) is 0 Å². The number of benzene rings is 1. The van der Waals surface area contributed by atoms with Crippen molar-refractivity contribution in [1.29, 1.82) is 0 Å².